The third-order valence-electron chi connectivity index (χ3n) is 13.0. The van der Waals surface area contributed by atoms with Crippen molar-refractivity contribution in [1.82, 2.24) is 18.8 Å². The van der Waals surface area contributed by atoms with Crippen molar-refractivity contribution in [2.45, 2.75) is 133 Å². The minimum absolute atomic E-state index is 0.0906. The van der Waals surface area contributed by atoms with Gasteiger partial charge < -0.3 is 29.9 Å². The Hall–Kier alpha value is -6.70. The van der Waals surface area contributed by atoms with Crippen LogP contribution < -0.4 is 31.6 Å². The second kappa shape index (κ2) is 21.6. The lowest BCUT2D eigenvalue weighted by Gasteiger charge is -2.35. The molecule has 6 atom stereocenters. The molecular formula is C58H76N8O6. The molecule has 14 nitrogen and oxygen atoms in total. The van der Waals surface area contributed by atoms with Crippen LogP contribution in [0.4, 0.5) is 23.0 Å². The van der Waals surface area contributed by atoms with Crippen LogP contribution in [0.5, 0.6) is 0 Å². The van der Waals surface area contributed by atoms with E-state index in [9.17, 15) is 19.2 Å². The quantitative estimate of drug-likeness (QED) is 0.126. The van der Waals surface area contributed by atoms with E-state index in [4.69, 9.17) is 19.4 Å². The van der Waals surface area contributed by atoms with Crippen LogP contribution in [-0.2, 0) is 9.47 Å². The number of ether oxygens (including phenoxy) is 2. The lowest BCUT2D eigenvalue weighted by molar-refractivity contribution is 0.00580. The molecule has 4 aromatic heterocycles. The summed E-state index contributed by atoms with van der Waals surface area (Å²) >= 11 is 0. The number of piperidine rings is 2. The maximum Gasteiger partial charge on any atom is 0.340 e. The molecule has 2 saturated heterocycles. The number of benzene rings is 2. The molecule has 72 heavy (non-hydrogen) atoms. The molecule has 2 aromatic carbocycles. The summed E-state index contributed by atoms with van der Waals surface area (Å²) < 4.78 is 14.5. The van der Waals surface area contributed by atoms with E-state index in [-0.39, 0.29) is 35.1 Å². The van der Waals surface area contributed by atoms with Crippen LogP contribution in [0.1, 0.15) is 151 Å². The maximum atomic E-state index is 13.2. The number of rotatable bonds is 10. The van der Waals surface area contributed by atoms with Gasteiger partial charge in [0.05, 0.1) is 23.2 Å². The second-order valence-corrected chi connectivity index (χ2v) is 22.8. The summed E-state index contributed by atoms with van der Waals surface area (Å²) in [5, 5.41) is 6.95. The summed E-state index contributed by atoms with van der Waals surface area (Å²) in [4.78, 5) is 66.5. The van der Waals surface area contributed by atoms with E-state index in [0.29, 0.717) is 57.5 Å². The second-order valence-electron chi connectivity index (χ2n) is 22.8. The van der Waals surface area contributed by atoms with Crippen LogP contribution in [0.3, 0.4) is 0 Å². The van der Waals surface area contributed by atoms with Crippen LogP contribution in [0.2, 0.25) is 0 Å². The zero-order valence-corrected chi connectivity index (χ0v) is 44.9. The molecule has 6 aromatic rings. The van der Waals surface area contributed by atoms with Crippen LogP contribution in [0.15, 0.2) is 94.8 Å². The van der Waals surface area contributed by atoms with Gasteiger partial charge >= 0.3 is 11.9 Å². The number of fused-ring (bicyclic) bond motifs is 2. The number of esters is 2. The topological polar surface area (TPSA) is 152 Å². The molecule has 0 amide bonds. The molecule has 0 saturated carbocycles. The molecule has 0 radical (unpaired) electrons. The van der Waals surface area contributed by atoms with Gasteiger partial charge in [0.15, 0.2) is 0 Å². The van der Waals surface area contributed by atoms with E-state index < -0.39 is 11.2 Å². The standard InChI is InChI=1S/2C29H38N4O3/c2*1-18-12-19(2)16-32(15-18)25-14-26(34)33-17-20(3)13-23(27(33)31-25)21(4)30-24-11-9-8-10-22(24)28(35)36-29(5,6)7/h2*8-11,13-14,17-19,21,30H,12,15-16H2,1-7H3/t18-,19+,21?;18-,19+,21-/m.0/s1. The fraction of sp³-hybridized carbons (Fsp3) is 0.483. The SMILES string of the molecule is Cc1cc(C(C)Nc2ccccc2C(=O)OC(C)(C)C)c2nc(N3C[C@H](C)C[C@H](C)C3)cc(=O)n2c1.Cc1cc([C@H](C)Nc2ccccc2C(=O)OC(C)(C)C)c2nc(N3C[C@H](C)C[C@H](C)C3)cc(=O)n2c1. The molecule has 6 heterocycles. The van der Waals surface area contributed by atoms with E-state index in [1.54, 1.807) is 33.1 Å². The molecule has 2 N–H and O–H groups in total. The van der Waals surface area contributed by atoms with Gasteiger partial charge in [-0.25, -0.2) is 19.6 Å². The van der Waals surface area contributed by atoms with Gasteiger partial charge in [0.1, 0.15) is 34.1 Å². The first-order valence-corrected chi connectivity index (χ1v) is 25.6. The molecule has 2 fully saturated rings. The van der Waals surface area contributed by atoms with Crippen molar-refractivity contribution in [2.24, 2.45) is 23.7 Å². The number of nitrogens with zero attached hydrogens (tertiary/aromatic N) is 6. The third kappa shape index (κ3) is 13.0. The van der Waals surface area contributed by atoms with E-state index >= 15 is 0 Å². The lowest BCUT2D eigenvalue weighted by Crippen LogP contribution is -2.40. The Balaban J connectivity index is 0.000000211. The van der Waals surface area contributed by atoms with E-state index in [1.165, 1.54) is 12.8 Å². The third-order valence-corrected chi connectivity index (χ3v) is 13.0. The summed E-state index contributed by atoms with van der Waals surface area (Å²) in [6.07, 6.45) is 6.04. The predicted molar refractivity (Wildman–Crippen MR) is 290 cm³/mol. The van der Waals surface area contributed by atoms with E-state index in [2.05, 4.69) is 60.3 Å². The normalized spacial score (nSPS) is 19.2. The van der Waals surface area contributed by atoms with Crippen molar-refractivity contribution in [3.8, 4) is 0 Å². The first-order valence-electron chi connectivity index (χ1n) is 25.6. The smallest absolute Gasteiger partial charge is 0.340 e. The number of para-hydroxylation sites is 2. The number of pyridine rings is 2. The van der Waals surface area contributed by atoms with Gasteiger partial charge in [-0.05, 0) is 153 Å². The number of hydrogen-bond donors (Lipinski definition) is 2. The van der Waals surface area contributed by atoms with E-state index in [1.807, 2.05) is 118 Å². The monoisotopic (exact) mass is 981 g/mol. The molecule has 2 aliphatic rings. The van der Waals surface area contributed by atoms with Gasteiger partial charge in [0.25, 0.3) is 11.1 Å². The average molecular weight is 981 g/mol. The van der Waals surface area contributed by atoms with Crippen LogP contribution >= 0.6 is 0 Å². The molecule has 384 valence electrons. The molecule has 14 heteroatoms. The highest BCUT2D eigenvalue weighted by atomic mass is 16.6. The summed E-state index contributed by atoms with van der Waals surface area (Å²) in [6.45, 7) is 31.7. The summed E-state index contributed by atoms with van der Waals surface area (Å²) in [7, 11) is 0. The number of aromatic nitrogens is 4. The Labute approximate surface area is 425 Å². The molecule has 0 aliphatic carbocycles. The maximum absolute atomic E-state index is 13.2. The number of hydrogen-bond acceptors (Lipinski definition) is 12. The predicted octanol–water partition coefficient (Wildman–Crippen LogP) is 11.2. The highest BCUT2D eigenvalue weighted by Crippen LogP contribution is 2.32. The Kier molecular flexibility index (Phi) is 15.9. The number of carbonyl (C=O) groups is 2. The van der Waals surface area contributed by atoms with Gasteiger partial charge in [0, 0.05) is 73.2 Å². The Morgan fingerprint density at radius 2 is 0.903 bits per heavy atom. The first kappa shape index (κ1) is 53.1. The van der Waals surface area contributed by atoms with Crippen molar-refractivity contribution in [2.75, 3.05) is 46.6 Å². The van der Waals surface area contributed by atoms with Crippen molar-refractivity contribution in [1.29, 1.82) is 0 Å². The fourth-order valence-electron chi connectivity index (χ4n) is 10.2. The highest BCUT2D eigenvalue weighted by Gasteiger charge is 2.28. The summed E-state index contributed by atoms with van der Waals surface area (Å²) in [5.74, 6) is 2.91. The molecule has 1 unspecified atom stereocenters. The van der Waals surface area contributed by atoms with E-state index in [0.717, 1.165) is 60.1 Å². The number of anilines is 4. The molecule has 2 aliphatic heterocycles. The lowest BCUT2D eigenvalue weighted by atomic mass is 9.92. The highest BCUT2D eigenvalue weighted by molar-refractivity contribution is 5.96. The Morgan fingerprint density at radius 3 is 1.24 bits per heavy atom. The van der Waals surface area contributed by atoms with Crippen molar-refractivity contribution < 1.29 is 19.1 Å². The van der Waals surface area contributed by atoms with Gasteiger partial charge in [-0.1, -0.05) is 52.0 Å². The van der Waals surface area contributed by atoms with Crippen molar-refractivity contribution in [3.63, 3.8) is 0 Å². The fourth-order valence-corrected chi connectivity index (χ4v) is 10.2. The minimum Gasteiger partial charge on any atom is -0.456 e. The summed E-state index contributed by atoms with van der Waals surface area (Å²) in [6, 6.07) is 21.7. The largest absolute Gasteiger partial charge is 0.456 e. The Bertz CT molecular complexity index is 2830. The zero-order valence-electron chi connectivity index (χ0n) is 44.9. The van der Waals surface area contributed by atoms with Crippen molar-refractivity contribution in [3.05, 3.63) is 139 Å². The molecule has 0 spiro atoms. The number of carbonyl (C=O) groups excluding carboxylic acids is 2. The van der Waals surface area contributed by atoms with Crippen LogP contribution in [-0.4, -0.2) is 68.1 Å². The number of nitrogens with one attached hydrogen (secondary N) is 2. The average Bonchev–Trinajstić information content (AvgIpc) is 3.27. The van der Waals surface area contributed by atoms with Gasteiger partial charge in [-0.2, -0.15) is 0 Å². The van der Waals surface area contributed by atoms with Crippen LogP contribution in [0.25, 0.3) is 11.3 Å². The molecular weight excluding hydrogens is 905 g/mol. The molecule has 8 rings (SSSR count). The Morgan fingerprint density at radius 1 is 0.569 bits per heavy atom. The van der Waals surface area contributed by atoms with Gasteiger partial charge in [-0.3, -0.25) is 18.4 Å². The van der Waals surface area contributed by atoms with Gasteiger partial charge in [-0.15, -0.1) is 0 Å². The van der Waals surface area contributed by atoms with Crippen LogP contribution in [0, 0.1) is 37.5 Å². The first-order chi connectivity index (χ1) is 33.8. The summed E-state index contributed by atoms with van der Waals surface area (Å²) in [5.41, 5.74) is 5.90. The number of aryl methyl sites for hydroxylation is 2. The zero-order chi connectivity index (χ0) is 52.4. The molecule has 0 bridgehead atoms. The van der Waals surface area contributed by atoms with Gasteiger partial charge in [0.2, 0.25) is 0 Å². The van der Waals surface area contributed by atoms with Crippen molar-refractivity contribution >= 4 is 46.2 Å². The minimum atomic E-state index is -0.590.